The van der Waals surface area contributed by atoms with Crippen molar-refractivity contribution in [1.29, 1.82) is 0 Å². The fourth-order valence-electron chi connectivity index (χ4n) is 3.30. The third kappa shape index (κ3) is 2.92. The van der Waals surface area contributed by atoms with Crippen LogP contribution in [0.25, 0.3) is 0 Å². The number of nitrogens with zero attached hydrogens (tertiary/aromatic N) is 2. The van der Waals surface area contributed by atoms with Crippen molar-refractivity contribution in [3.05, 3.63) is 10.0 Å². The zero-order valence-corrected chi connectivity index (χ0v) is 12.9. The fourth-order valence-corrected chi connectivity index (χ4v) is 4.01. The highest BCUT2D eigenvalue weighted by molar-refractivity contribution is 7.11. The summed E-state index contributed by atoms with van der Waals surface area (Å²) in [5, 5.41) is 12.7. The van der Waals surface area contributed by atoms with Gasteiger partial charge in [0.1, 0.15) is 15.6 Å². The number of ether oxygens (including phenoxy) is 1. The molecule has 7 heteroatoms. The van der Waals surface area contributed by atoms with Gasteiger partial charge in [0.15, 0.2) is 0 Å². The van der Waals surface area contributed by atoms with Gasteiger partial charge in [-0.15, -0.1) is 21.5 Å². The second-order valence-corrected chi connectivity index (χ2v) is 7.02. The molecule has 1 spiro atoms. The van der Waals surface area contributed by atoms with Crippen LogP contribution in [0, 0.1) is 12.8 Å². The molecular formula is C14H19N3O3S. The van der Waals surface area contributed by atoms with E-state index in [0.29, 0.717) is 13.0 Å². The number of aryl methyl sites for hydroxylation is 1. The van der Waals surface area contributed by atoms with Crippen LogP contribution in [0.1, 0.15) is 42.1 Å². The Morgan fingerprint density at radius 2 is 2.19 bits per heavy atom. The lowest BCUT2D eigenvalue weighted by Gasteiger charge is -2.27. The molecule has 1 atom stereocenters. The monoisotopic (exact) mass is 309 g/mol. The van der Waals surface area contributed by atoms with Crippen molar-refractivity contribution >= 4 is 23.2 Å². The van der Waals surface area contributed by atoms with Crippen molar-refractivity contribution in [3.8, 4) is 0 Å². The van der Waals surface area contributed by atoms with E-state index in [1.165, 1.54) is 11.3 Å². The molecule has 0 bridgehead atoms. The Labute approximate surface area is 127 Å². The molecular weight excluding hydrogens is 290 g/mol. The zero-order valence-electron chi connectivity index (χ0n) is 12.1. The fraction of sp³-hybridized carbons (Fsp3) is 0.714. The van der Waals surface area contributed by atoms with Crippen LogP contribution < -0.4 is 5.32 Å². The smallest absolute Gasteiger partial charge is 0.307 e. The highest BCUT2D eigenvalue weighted by Crippen LogP contribution is 2.45. The normalized spacial score (nSPS) is 23.5. The average Bonchev–Trinajstić information content (AvgIpc) is 3.13. The molecule has 21 heavy (non-hydrogen) atoms. The Morgan fingerprint density at radius 1 is 1.43 bits per heavy atom. The molecule has 1 saturated carbocycles. The topological polar surface area (TPSA) is 81.2 Å². The first kappa shape index (κ1) is 14.4. The molecule has 2 fully saturated rings. The lowest BCUT2D eigenvalue weighted by Crippen LogP contribution is -2.43. The minimum atomic E-state index is -0.527. The van der Waals surface area contributed by atoms with E-state index in [9.17, 15) is 9.59 Å². The van der Waals surface area contributed by atoms with Crippen molar-refractivity contribution < 1.29 is 14.3 Å². The first-order valence-corrected chi connectivity index (χ1v) is 8.19. The summed E-state index contributed by atoms with van der Waals surface area (Å²) in [5.41, 5.74) is -0.527. The number of hydrogen-bond acceptors (Lipinski definition) is 6. The maximum absolute atomic E-state index is 12.4. The molecule has 1 aliphatic carbocycles. The van der Waals surface area contributed by atoms with Gasteiger partial charge in [-0.05, 0) is 32.6 Å². The van der Waals surface area contributed by atoms with E-state index < -0.39 is 5.60 Å². The summed E-state index contributed by atoms with van der Waals surface area (Å²) in [7, 11) is 0. The average molecular weight is 309 g/mol. The number of amides is 1. The molecule has 1 aromatic rings. The summed E-state index contributed by atoms with van der Waals surface area (Å²) in [6.45, 7) is 2.43. The van der Waals surface area contributed by atoms with Gasteiger partial charge in [-0.2, -0.15) is 0 Å². The van der Waals surface area contributed by atoms with Crippen molar-refractivity contribution in [3.63, 3.8) is 0 Å². The molecule has 114 valence electrons. The highest BCUT2D eigenvalue weighted by atomic mass is 32.1. The van der Waals surface area contributed by atoms with Crippen molar-refractivity contribution in [2.75, 3.05) is 6.54 Å². The van der Waals surface area contributed by atoms with E-state index in [0.717, 1.165) is 35.7 Å². The first-order chi connectivity index (χ1) is 10.1. The number of esters is 1. The molecule has 2 heterocycles. The minimum Gasteiger partial charge on any atom is -0.458 e. The largest absolute Gasteiger partial charge is 0.458 e. The molecule has 1 unspecified atom stereocenters. The number of nitrogens with one attached hydrogen (secondary N) is 1. The van der Waals surface area contributed by atoms with Crippen LogP contribution >= 0.6 is 11.3 Å². The van der Waals surface area contributed by atoms with Gasteiger partial charge in [0.25, 0.3) is 0 Å². The van der Waals surface area contributed by atoms with E-state index in [-0.39, 0.29) is 24.2 Å². The maximum Gasteiger partial charge on any atom is 0.307 e. The summed E-state index contributed by atoms with van der Waals surface area (Å²) < 4.78 is 5.49. The Hall–Kier alpha value is -1.50. The van der Waals surface area contributed by atoms with Crippen LogP contribution in [0.4, 0.5) is 0 Å². The van der Waals surface area contributed by atoms with Gasteiger partial charge < -0.3 is 10.1 Å². The molecule has 0 aromatic carbocycles. The molecule has 1 aromatic heterocycles. The zero-order chi connectivity index (χ0) is 14.9. The SMILES string of the molecule is Cc1nnc(CCNC(=O)C2CC(=O)OC23CCCC3)s1. The number of aromatic nitrogens is 2. The molecule has 1 aliphatic heterocycles. The van der Waals surface area contributed by atoms with Gasteiger partial charge in [-0.1, -0.05) is 0 Å². The van der Waals surface area contributed by atoms with Gasteiger partial charge in [0.2, 0.25) is 5.91 Å². The summed E-state index contributed by atoms with van der Waals surface area (Å²) in [6, 6.07) is 0. The minimum absolute atomic E-state index is 0.0658. The lowest BCUT2D eigenvalue weighted by molar-refractivity contribution is -0.149. The number of rotatable bonds is 4. The molecule has 0 radical (unpaired) electrons. The van der Waals surface area contributed by atoms with Gasteiger partial charge >= 0.3 is 5.97 Å². The van der Waals surface area contributed by atoms with E-state index >= 15 is 0 Å². The predicted molar refractivity (Wildman–Crippen MR) is 76.8 cm³/mol. The molecule has 2 aliphatic rings. The van der Waals surface area contributed by atoms with E-state index in [2.05, 4.69) is 15.5 Å². The molecule has 1 saturated heterocycles. The van der Waals surface area contributed by atoms with Gasteiger partial charge in [0.05, 0.1) is 12.3 Å². The molecule has 1 amide bonds. The van der Waals surface area contributed by atoms with Crippen LogP contribution in [0.15, 0.2) is 0 Å². The van der Waals surface area contributed by atoms with E-state index in [1.54, 1.807) is 0 Å². The highest BCUT2D eigenvalue weighted by Gasteiger charge is 2.53. The quantitative estimate of drug-likeness (QED) is 0.850. The Kier molecular flexibility index (Phi) is 3.93. The molecule has 6 nitrogen and oxygen atoms in total. The third-order valence-electron chi connectivity index (χ3n) is 4.30. The van der Waals surface area contributed by atoms with Gasteiger partial charge in [-0.3, -0.25) is 9.59 Å². The van der Waals surface area contributed by atoms with Crippen LogP contribution in [0.3, 0.4) is 0 Å². The van der Waals surface area contributed by atoms with Crippen LogP contribution in [0.2, 0.25) is 0 Å². The standard InChI is InChI=1S/C14H19N3O3S/c1-9-16-17-11(21-9)4-7-15-13(19)10-8-12(18)20-14(10)5-2-3-6-14/h10H,2-8H2,1H3,(H,15,19). The van der Waals surface area contributed by atoms with E-state index in [4.69, 9.17) is 4.74 Å². The van der Waals surface area contributed by atoms with Gasteiger partial charge in [-0.25, -0.2) is 0 Å². The number of carbonyl (C=O) groups is 2. The summed E-state index contributed by atoms with van der Waals surface area (Å²) >= 11 is 1.54. The molecule has 1 N–H and O–H groups in total. The lowest BCUT2D eigenvalue weighted by atomic mass is 9.85. The Balaban J connectivity index is 1.56. The van der Waals surface area contributed by atoms with E-state index in [1.807, 2.05) is 6.92 Å². The van der Waals surface area contributed by atoms with Crippen molar-refractivity contribution in [1.82, 2.24) is 15.5 Å². The summed E-state index contributed by atoms with van der Waals surface area (Å²) in [5.74, 6) is -0.635. The summed E-state index contributed by atoms with van der Waals surface area (Å²) in [6.07, 6.45) is 4.57. The second-order valence-electron chi connectivity index (χ2n) is 5.76. The number of carbonyl (C=O) groups excluding carboxylic acids is 2. The Morgan fingerprint density at radius 3 is 2.86 bits per heavy atom. The van der Waals surface area contributed by atoms with Crippen LogP contribution in [0.5, 0.6) is 0 Å². The van der Waals surface area contributed by atoms with Crippen LogP contribution in [-0.2, 0) is 20.7 Å². The maximum atomic E-state index is 12.4. The summed E-state index contributed by atoms with van der Waals surface area (Å²) in [4.78, 5) is 24.0. The van der Waals surface area contributed by atoms with Crippen LogP contribution in [-0.4, -0.2) is 34.2 Å². The van der Waals surface area contributed by atoms with Crippen molar-refractivity contribution in [2.45, 2.75) is 51.0 Å². The third-order valence-corrected chi connectivity index (χ3v) is 5.19. The van der Waals surface area contributed by atoms with Crippen molar-refractivity contribution in [2.24, 2.45) is 5.92 Å². The first-order valence-electron chi connectivity index (χ1n) is 7.38. The predicted octanol–water partition coefficient (Wildman–Crippen LogP) is 1.38. The Bertz CT molecular complexity index is 551. The number of hydrogen-bond donors (Lipinski definition) is 1. The van der Waals surface area contributed by atoms with Gasteiger partial charge in [0, 0.05) is 13.0 Å². The molecule has 3 rings (SSSR count). The second kappa shape index (κ2) is 5.71.